The quantitative estimate of drug-likeness (QED) is 0.0717. The van der Waals surface area contributed by atoms with Gasteiger partial charge in [0.1, 0.15) is 0 Å². The highest BCUT2D eigenvalue weighted by Crippen LogP contribution is 2.41. The molecule has 0 heterocycles. The first-order valence-corrected chi connectivity index (χ1v) is 20.6. The van der Waals surface area contributed by atoms with Gasteiger partial charge in [-0.05, 0) is 71.4 Å². The van der Waals surface area contributed by atoms with E-state index in [1.165, 1.54) is 32.3 Å². The Bertz CT molecular complexity index is 2340. The first-order valence-electron chi connectivity index (χ1n) is 13.8. The van der Waals surface area contributed by atoms with Gasteiger partial charge in [0, 0.05) is 48.4 Å². The largest absolute Gasteiger partial charge is 0.643 e. The van der Waals surface area contributed by atoms with Crippen LogP contribution in [0.2, 0.25) is 0 Å². The second kappa shape index (κ2) is 13.5. The van der Waals surface area contributed by atoms with Gasteiger partial charge in [-0.1, -0.05) is 97.1 Å². The fourth-order valence-corrected chi connectivity index (χ4v) is 6.13. The molecule has 4 nitrogen and oxygen atoms in total. The third-order valence-corrected chi connectivity index (χ3v) is 9.12. The minimum absolute atomic E-state index is 0.376. The van der Waals surface area contributed by atoms with E-state index in [-0.39, 0.29) is 11.6 Å². The summed E-state index contributed by atoms with van der Waals surface area (Å²) in [5.74, 6) is -0.753. The smallest absolute Gasteiger partial charge is 0.285 e. The Morgan fingerprint density at radius 2 is 0.739 bits per heavy atom. The van der Waals surface area contributed by atoms with Crippen LogP contribution in [0.1, 0.15) is 20.7 Å². The summed E-state index contributed by atoms with van der Waals surface area (Å²) in [5.41, 5.74) is 1.11. The van der Waals surface area contributed by atoms with Gasteiger partial charge in [0.25, 0.3) is 9.39 Å². The van der Waals surface area contributed by atoms with Crippen molar-refractivity contribution in [2.24, 2.45) is 0 Å². The molecule has 0 saturated heterocycles. The number of rotatable bonds is 1. The van der Waals surface area contributed by atoms with E-state index in [9.17, 15) is 19.2 Å². The van der Waals surface area contributed by atoms with E-state index in [0.717, 1.165) is 32.3 Å². The Kier molecular flexibility index (Phi) is 9.66. The van der Waals surface area contributed by atoms with Crippen LogP contribution in [-0.2, 0) is 9.59 Å². The normalized spacial score (nSPS) is 11.8. The summed E-state index contributed by atoms with van der Waals surface area (Å²) in [7, 11) is 14.8. The van der Waals surface area contributed by atoms with Crippen molar-refractivity contribution in [2.45, 2.75) is 0 Å². The Labute approximate surface area is 296 Å². The summed E-state index contributed by atoms with van der Waals surface area (Å²) < 4.78 is -1.30. The maximum atomic E-state index is 12.2. The molecule has 0 N–H and O–H groups in total. The van der Waals surface area contributed by atoms with Crippen LogP contribution >= 0.6 is 62.0 Å². The van der Waals surface area contributed by atoms with E-state index in [1.54, 1.807) is 6.07 Å². The van der Waals surface area contributed by atoms with Gasteiger partial charge in [-0.15, -0.1) is 0 Å². The first-order chi connectivity index (χ1) is 22.1. The number of benzene rings is 8. The van der Waals surface area contributed by atoms with Crippen molar-refractivity contribution in [1.82, 2.24) is 0 Å². The lowest BCUT2D eigenvalue weighted by atomic mass is 9.91. The summed E-state index contributed by atoms with van der Waals surface area (Å²) >= 11 is 3.08. The summed E-state index contributed by atoms with van der Waals surface area (Å²) in [6.07, 6.45) is 0. The van der Waals surface area contributed by atoms with Crippen LogP contribution in [0, 0.1) is 0 Å². The van der Waals surface area contributed by atoms with Crippen molar-refractivity contribution in [2.75, 3.05) is 0 Å². The van der Waals surface area contributed by atoms with Crippen LogP contribution < -0.4 is 0 Å². The molecule has 0 radical (unpaired) electrons. The lowest BCUT2D eigenvalue weighted by Gasteiger charge is -2.11. The molecule has 0 aromatic heterocycles. The Balaban J connectivity index is 0.000000128. The molecule has 1 aliphatic rings. The van der Waals surface area contributed by atoms with E-state index in [1.807, 2.05) is 24.3 Å². The third-order valence-electron chi connectivity index (χ3n) is 7.87. The zero-order chi connectivity index (χ0) is 32.7. The van der Waals surface area contributed by atoms with Crippen molar-refractivity contribution in [3.63, 3.8) is 0 Å². The maximum absolute atomic E-state index is 12.2. The van der Waals surface area contributed by atoms with Crippen molar-refractivity contribution in [1.29, 1.82) is 0 Å². The predicted octanol–water partition coefficient (Wildman–Crippen LogP) is 11.1. The van der Waals surface area contributed by atoms with Gasteiger partial charge in [0.15, 0.2) is 0 Å². The number of ketones is 2. The lowest BCUT2D eigenvalue weighted by Crippen LogP contribution is -2.05. The molecule has 0 amide bonds. The van der Waals surface area contributed by atoms with Crippen LogP contribution in [0.5, 0.6) is 0 Å². The molecule has 0 bridgehead atoms. The van der Waals surface area contributed by atoms with Gasteiger partial charge in [-0.25, -0.2) is 30.1 Å². The molecule has 1 aliphatic carbocycles. The number of halogens is 5. The van der Waals surface area contributed by atoms with Gasteiger partial charge >= 0.3 is 11.4 Å². The second-order valence-corrected chi connectivity index (χ2v) is 18.3. The average molecular weight is 808 g/mol. The zero-order valence-electron chi connectivity index (χ0n) is 23.5. The third kappa shape index (κ3) is 6.14. The minimum Gasteiger partial charge on any atom is -0.285 e. The molecule has 10 heteroatoms. The van der Waals surface area contributed by atoms with Crippen LogP contribution in [0.15, 0.2) is 109 Å². The highest BCUT2D eigenvalue weighted by molar-refractivity contribution is 9.24. The Hall–Kier alpha value is -3.12. The lowest BCUT2D eigenvalue weighted by molar-refractivity contribution is -0.125. The monoisotopic (exact) mass is 804 g/mol. The van der Waals surface area contributed by atoms with Crippen LogP contribution in [-0.4, -0.2) is 32.3 Å². The number of hydrogen-bond acceptors (Lipinski definition) is 4. The van der Waals surface area contributed by atoms with Crippen molar-refractivity contribution >= 4 is 159 Å². The fourth-order valence-electron chi connectivity index (χ4n) is 6.13. The molecule has 0 saturated carbocycles. The van der Waals surface area contributed by atoms with Crippen LogP contribution in [0.25, 0.3) is 64.6 Å². The number of hydrogen-bond donors (Lipinski definition) is 0. The molecule has 0 atom stereocenters. The minimum atomic E-state index is -1.72. The molecular weight excluding hydrogens is 790 g/mol. The van der Waals surface area contributed by atoms with Crippen LogP contribution in [0.4, 0.5) is 0 Å². The molecule has 8 aromatic carbocycles. The second-order valence-electron chi connectivity index (χ2n) is 10.4. The van der Waals surface area contributed by atoms with Crippen LogP contribution in [0.3, 0.4) is 0 Å². The van der Waals surface area contributed by atoms with Gasteiger partial charge in [-0.2, -0.15) is 0 Å². The van der Waals surface area contributed by atoms with E-state index >= 15 is 0 Å². The SMILES string of the molecule is O=C(Br)C(=O)Br.O=C1C(=O)c2cc3cccc4ccc5ccc1c2c5c43.[Cl][Al]([Cl])[Cl].c1cc2ccc3cccc4ccc(c1)c2c34. The van der Waals surface area contributed by atoms with Gasteiger partial charge in [-0.3, -0.25) is 19.2 Å². The fraction of sp³-hybridized carbons (Fsp3) is 0. The van der Waals surface area contributed by atoms with E-state index < -0.39 is 20.8 Å². The van der Waals surface area contributed by atoms with E-state index in [4.69, 9.17) is 30.1 Å². The average Bonchev–Trinajstić information content (AvgIpc) is 3.29. The summed E-state index contributed by atoms with van der Waals surface area (Å²) in [6, 6.07) is 37.6. The van der Waals surface area contributed by atoms with Gasteiger partial charge < -0.3 is 0 Å². The van der Waals surface area contributed by atoms with E-state index in [0.29, 0.717) is 11.1 Å². The molecule has 0 fully saturated rings. The number of carbonyl (C=O) groups excluding carboxylic acids is 4. The molecule has 0 aliphatic heterocycles. The number of carbonyl (C=O) groups is 4. The van der Waals surface area contributed by atoms with Gasteiger partial charge in [0.2, 0.25) is 11.6 Å². The standard InChI is InChI=1S/C18H8O2.C16H10.C2Br2O2.Al.3ClH/c19-17-12-7-6-10-5-4-9-2-1-3-11-8-13(18(17)20)16(12)15(10)14(9)11;1-3-11-7-9-13-5-2-6-14-10-8-12(4-1)15(11)16(13)14;3-1(5)2(4)6;;;;/h1-8H;1-10H;;;3*1H/q;;;+3;;;/p-3. The van der Waals surface area contributed by atoms with Crippen molar-refractivity contribution in [3.8, 4) is 0 Å². The highest BCUT2D eigenvalue weighted by atomic mass is 79.9. The van der Waals surface area contributed by atoms with Gasteiger partial charge in [0.05, 0.1) is 0 Å². The molecule has 224 valence electrons. The highest BCUT2D eigenvalue weighted by Gasteiger charge is 2.32. The molecular formula is C36H18AlBr2Cl3O4. The summed E-state index contributed by atoms with van der Waals surface area (Å²) in [5, 5.41) is 14.4. The summed E-state index contributed by atoms with van der Waals surface area (Å²) in [4.78, 5) is 43.6. The van der Waals surface area contributed by atoms with Crippen molar-refractivity contribution < 1.29 is 19.2 Å². The first kappa shape index (κ1) is 32.8. The van der Waals surface area contributed by atoms with Crippen molar-refractivity contribution in [3.05, 3.63) is 120 Å². The Morgan fingerprint density at radius 1 is 0.435 bits per heavy atom. The predicted molar refractivity (Wildman–Crippen MR) is 200 cm³/mol. The molecule has 0 spiro atoms. The Morgan fingerprint density at radius 3 is 1.13 bits per heavy atom. The molecule has 46 heavy (non-hydrogen) atoms. The molecule has 0 unspecified atom stereocenters. The summed E-state index contributed by atoms with van der Waals surface area (Å²) in [6.45, 7) is 0. The van der Waals surface area contributed by atoms with E-state index in [2.05, 4.69) is 111 Å². The number of Topliss-reactive ketones (excluding diaryl/α,β-unsaturated/α-hetero) is 2. The zero-order valence-corrected chi connectivity index (χ0v) is 30.1. The maximum Gasteiger partial charge on any atom is 0.643 e. The molecule has 8 aromatic rings. The topological polar surface area (TPSA) is 68.3 Å². The molecule has 9 rings (SSSR count).